The average molecular weight is 186 g/mol. The van der Waals surface area contributed by atoms with Crippen LogP contribution in [0.25, 0.3) is 0 Å². The van der Waals surface area contributed by atoms with Crippen LogP contribution in [0, 0.1) is 0 Å². The van der Waals surface area contributed by atoms with Crippen molar-refractivity contribution < 1.29 is 4.74 Å². The maximum Gasteiger partial charge on any atom is 0.0641 e. The average Bonchev–Trinajstić information content (AvgIpc) is 2.04. The molecule has 0 aliphatic carbocycles. The summed E-state index contributed by atoms with van der Waals surface area (Å²) in [5.41, 5.74) is 0.172. The first kappa shape index (κ1) is 11.0. The van der Waals surface area contributed by atoms with Gasteiger partial charge in [-0.1, -0.05) is 0 Å². The second-order valence-corrected chi connectivity index (χ2v) is 4.55. The number of hydrogen-bond acceptors (Lipinski definition) is 3. The zero-order valence-electron chi connectivity index (χ0n) is 9.26. The van der Waals surface area contributed by atoms with E-state index in [-0.39, 0.29) is 5.54 Å². The van der Waals surface area contributed by atoms with Crippen molar-refractivity contribution in [1.82, 2.24) is 10.2 Å². The zero-order valence-corrected chi connectivity index (χ0v) is 9.26. The van der Waals surface area contributed by atoms with E-state index >= 15 is 0 Å². The van der Waals surface area contributed by atoms with E-state index in [4.69, 9.17) is 4.74 Å². The molecular formula is C10H22N2O. The molecular weight excluding hydrogens is 164 g/mol. The SMILES string of the molecule is COCC(C)(C)N1CCNC(C)C1. The van der Waals surface area contributed by atoms with Gasteiger partial charge < -0.3 is 10.1 Å². The highest BCUT2D eigenvalue weighted by Gasteiger charge is 2.29. The molecule has 1 fully saturated rings. The second kappa shape index (κ2) is 4.40. The maximum absolute atomic E-state index is 5.23. The summed E-state index contributed by atoms with van der Waals surface area (Å²) in [5.74, 6) is 0. The van der Waals surface area contributed by atoms with Crippen LogP contribution in [0.5, 0.6) is 0 Å². The molecule has 0 aromatic rings. The predicted molar refractivity (Wildman–Crippen MR) is 55.0 cm³/mol. The summed E-state index contributed by atoms with van der Waals surface area (Å²) in [6, 6.07) is 0.602. The van der Waals surface area contributed by atoms with E-state index in [1.807, 2.05) is 0 Å². The molecule has 1 heterocycles. The Morgan fingerprint density at radius 1 is 1.54 bits per heavy atom. The van der Waals surface area contributed by atoms with Gasteiger partial charge in [0.25, 0.3) is 0 Å². The van der Waals surface area contributed by atoms with Crippen molar-refractivity contribution >= 4 is 0 Å². The summed E-state index contributed by atoms with van der Waals surface area (Å²) >= 11 is 0. The molecule has 78 valence electrons. The van der Waals surface area contributed by atoms with Crippen molar-refractivity contribution in [3.8, 4) is 0 Å². The monoisotopic (exact) mass is 186 g/mol. The topological polar surface area (TPSA) is 24.5 Å². The van der Waals surface area contributed by atoms with Crippen LogP contribution in [0.1, 0.15) is 20.8 Å². The maximum atomic E-state index is 5.23. The fourth-order valence-corrected chi connectivity index (χ4v) is 1.93. The Labute approximate surface area is 81.4 Å². The van der Waals surface area contributed by atoms with Crippen LogP contribution >= 0.6 is 0 Å². The van der Waals surface area contributed by atoms with Gasteiger partial charge in [-0.3, -0.25) is 4.90 Å². The van der Waals surface area contributed by atoms with Crippen LogP contribution in [0.3, 0.4) is 0 Å². The minimum atomic E-state index is 0.172. The van der Waals surface area contributed by atoms with Crippen LogP contribution < -0.4 is 5.32 Å². The summed E-state index contributed by atoms with van der Waals surface area (Å²) in [7, 11) is 1.77. The van der Waals surface area contributed by atoms with Gasteiger partial charge in [-0.05, 0) is 20.8 Å². The molecule has 0 bridgehead atoms. The third-order valence-electron chi connectivity index (χ3n) is 2.72. The Morgan fingerprint density at radius 2 is 2.23 bits per heavy atom. The van der Waals surface area contributed by atoms with E-state index in [0.29, 0.717) is 6.04 Å². The summed E-state index contributed by atoms with van der Waals surface area (Å²) in [5, 5.41) is 3.44. The molecule has 3 heteroatoms. The van der Waals surface area contributed by atoms with Gasteiger partial charge in [-0.2, -0.15) is 0 Å². The second-order valence-electron chi connectivity index (χ2n) is 4.55. The van der Waals surface area contributed by atoms with Crippen molar-refractivity contribution in [3.05, 3.63) is 0 Å². The van der Waals surface area contributed by atoms with Crippen LogP contribution in [-0.4, -0.2) is 49.8 Å². The van der Waals surface area contributed by atoms with Gasteiger partial charge in [0.15, 0.2) is 0 Å². The molecule has 1 rings (SSSR count). The highest BCUT2D eigenvalue weighted by molar-refractivity contribution is 4.87. The lowest BCUT2D eigenvalue weighted by Crippen LogP contribution is -2.58. The van der Waals surface area contributed by atoms with Gasteiger partial charge in [-0.15, -0.1) is 0 Å². The van der Waals surface area contributed by atoms with Gasteiger partial charge in [0.1, 0.15) is 0 Å². The Hall–Kier alpha value is -0.120. The van der Waals surface area contributed by atoms with Crippen molar-refractivity contribution in [1.29, 1.82) is 0 Å². The van der Waals surface area contributed by atoms with Crippen molar-refractivity contribution in [3.63, 3.8) is 0 Å². The first-order chi connectivity index (χ1) is 6.06. The van der Waals surface area contributed by atoms with Gasteiger partial charge >= 0.3 is 0 Å². The van der Waals surface area contributed by atoms with Gasteiger partial charge in [0.2, 0.25) is 0 Å². The first-order valence-electron chi connectivity index (χ1n) is 5.03. The summed E-state index contributed by atoms with van der Waals surface area (Å²) < 4.78 is 5.23. The molecule has 0 aromatic carbocycles. The van der Waals surface area contributed by atoms with E-state index in [9.17, 15) is 0 Å². The van der Waals surface area contributed by atoms with E-state index in [0.717, 1.165) is 26.2 Å². The number of piperazine rings is 1. The Morgan fingerprint density at radius 3 is 2.77 bits per heavy atom. The summed E-state index contributed by atoms with van der Waals surface area (Å²) in [4.78, 5) is 2.50. The third-order valence-corrected chi connectivity index (χ3v) is 2.72. The lowest BCUT2D eigenvalue weighted by atomic mass is 10.0. The predicted octanol–water partition coefficient (Wildman–Crippen LogP) is 0.705. The Balaban J connectivity index is 2.48. The standard InChI is InChI=1S/C10H22N2O/c1-9-7-12(6-5-11-9)10(2,3)8-13-4/h9,11H,5-8H2,1-4H3. The quantitative estimate of drug-likeness (QED) is 0.702. The van der Waals surface area contributed by atoms with Crippen molar-refractivity contribution in [2.75, 3.05) is 33.4 Å². The molecule has 3 nitrogen and oxygen atoms in total. The van der Waals surface area contributed by atoms with Crippen molar-refractivity contribution in [2.24, 2.45) is 0 Å². The first-order valence-corrected chi connectivity index (χ1v) is 5.03. The highest BCUT2D eigenvalue weighted by atomic mass is 16.5. The normalized spacial score (nSPS) is 26.3. The van der Waals surface area contributed by atoms with Gasteiger partial charge in [0.05, 0.1) is 6.61 Å². The smallest absolute Gasteiger partial charge is 0.0641 e. The molecule has 0 saturated carbocycles. The van der Waals surface area contributed by atoms with E-state index in [1.165, 1.54) is 0 Å². The third kappa shape index (κ3) is 2.93. The molecule has 13 heavy (non-hydrogen) atoms. The number of rotatable bonds is 3. The summed E-state index contributed by atoms with van der Waals surface area (Å²) in [6.07, 6.45) is 0. The van der Waals surface area contributed by atoms with E-state index in [1.54, 1.807) is 7.11 Å². The lowest BCUT2D eigenvalue weighted by molar-refractivity contribution is 0.0178. The lowest BCUT2D eigenvalue weighted by Gasteiger charge is -2.42. The van der Waals surface area contributed by atoms with Crippen LogP contribution in [0.4, 0.5) is 0 Å². The Bertz CT molecular complexity index is 159. The molecule has 0 radical (unpaired) electrons. The molecule has 1 N–H and O–H groups in total. The highest BCUT2D eigenvalue weighted by Crippen LogP contribution is 2.16. The molecule has 1 aliphatic heterocycles. The van der Waals surface area contributed by atoms with Crippen LogP contribution in [0.2, 0.25) is 0 Å². The van der Waals surface area contributed by atoms with Gasteiger partial charge in [-0.25, -0.2) is 0 Å². The van der Waals surface area contributed by atoms with Crippen LogP contribution in [-0.2, 0) is 4.74 Å². The van der Waals surface area contributed by atoms with Crippen molar-refractivity contribution in [2.45, 2.75) is 32.4 Å². The molecule has 0 amide bonds. The minimum absolute atomic E-state index is 0.172. The molecule has 1 aliphatic rings. The number of methoxy groups -OCH3 is 1. The Kier molecular flexibility index (Phi) is 3.71. The fraction of sp³-hybridized carbons (Fsp3) is 1.00. The molecule has 0 aromatic heterocycles. The molecule has 1 atom stereocenters. The zero-order chi connectivity index (χ0) is 9.90. The number of nitrogens with one attached hydrogen (secondary N) is 1. The minimum Gasteiger partial charge on any atom is -0.383 e. The largest absolute Gasteiger partial charge is 0.383 e. The number of hydrogen-bond donors (Lipinski definition) is 1. The fourth-order valence-electron chi connectivity index (χ4n) is 1.93. The van der Waals surface area contributed by atoms with Gasteiger partial charge in [0, 0.05) is 38.3 Å². The van der Waals surface area contributed by atoms with E-state index in [2.05, 4.69) is 31.0 Å². The number of ether oxygens (including phenoxy) is 1. The molecule has 0 spiro atoms. The number of nitrogens with zero attached hydrogens (tertiary/aromatic N) is 1. The summed E-state index contributed by atoms with van der Waals surface area (Å²) in [6.45, 7) is 10.9. The molecule has 1 unspecified atom stereocenters. The molecule has 1 saturated heterocycles. The van der Waals surface area contributed by atoms with Crippen LogP contribution in [0.15, 0.2) is 0 Å². The van der Waals surface area contributed by atoms with E-state index < -0.39 is 0 Å².